The highest BCUT2D eigenvalue weighted by atomic mass is 32.2. The van der Waals surface area contributed by atoms with Crippen LogP contribution in [0.3, 0.4) is 0 Å². The van der Waals surface area contributed by atoms with Gasteiger partial charge >= 0.3 is 0 Å². The van der Waals surface area contributed by atoms with Crippen LogP contribution in [0.25, 0.3) is 0 Å². The van der Waals surface area contributed by atoms with Crippen LogP contribution in [0.4, 0.5) is 0 Å². The Morgan fingerprint density at radius 2 is 2.16 bits per heavy atom. The molecule has 3 N–H and O–H groups in total. The van der Waals surface area contributed by atoms with Crippen molar-refractivity contribution in [1.82, 2.24) is 9.71 Å². The fourth-order valence-electron chi connectivity index (χ4n) is 1.87. The molecule has 0 unspecified atom stereocenters. The molecule has 8 heteroatoms. The van der Waals surface area contributed by atoms with Crippen LogP contribution in [0.5, 0.6) is 0 Å². The van der Waals surface area contributed by atoms with E-state index in [9.17, 15) is 8.42 Å². The first kappa shape index (κ1) is 14.2. The number of nitrogens with zero attached hydrogens (tertiary/aromatic N) is 1. The molecule has 6 nitrogen and oxygen atoms in total. The molecule has 0 spiro atoms. The van der Waals surface area contributed by atoms with Gasteiger partial charge in [-0.15, -0.1) is 11.3 Å². The molecule has 0 amide bonds. The zero-order valence-corrected chi connectivity index (χ0v) is 12.3. The molecule has 0 aromatic carbocycles. The molecule has 0 saturated carbocycles. The Bertz CT molecular complexity index is 660. The smallest absolute Gasteiger partial charge is 0.244 e. The highest BCUT2D eigenvalue weighted by Crippen LogP contribution is 2.26. The zero-order chi connectivity index (χ0) is 14.0. The van der Waals surface area contributed by atoms with Crippen molar-refractivity contribution in [3.63, 3.8) is 0 Å². The van der Waals surface area contributed by atoms with E-state index in [0.717, 1.165) is 0 Å². The molecule has 0 aliphatic heterocycles. The van der Waals surface area contributed by atoms with Gasteiger partial charge in [-0.1, -0.05) is 0 Å². The minimum absolute atomic E-state index is 0.122. The highest BCUT2D eigenvalue weighted by Gasteiger charge is 2.26. The lowest BCUT2D eigenvalue weighted by Gasteiger charge is -2.06. The van der Waals surface area contributed by atoms with Gasteiger partial charge < -0.3 is 10.2 Å². The summed E-state index contributed by atoms with van der Waals surface area (Å²) in [4.78, 5) is 4.17. The summed E-state index contributed by atoms with van der Waals surface area (Å²) in [7, 11) is -3.65. The van der Waals surface area contributed by atoms with E-state index in [1.54, 1.807) is 25.4 Å². The fraction of sp³-hybridized carbons (Fsp3) is 0.364. The molecular formula is C11H15N3O3S2. The largest absolute Gasteiger partial charge is 0.465 e. The molecule has 2 aromatic rings. The standard InChI is InChI=1S/C11H15N3O3S2/c1-7-9(5-12)11(8(2)17-7)19(15,16)14-6-10-13-3-4-18-10/h3-4,14H,5-6,12H2,1-2H3. The summed E-state index contributed by atoms with van der Waals surface area (Å²) in [6, 6.07) is 0. The molecular weight excluding hydrogens is 286 g/mol. The lowest BCUT2D eigenvalue weighted by Crippen LogP contribution is -2.25. The van der Waals surface area contributed by atoms with Crippen LogP contribution in [0.2, 0.25) is 0 Å². The minimum atomic E-state index is -3.65. The van der Waals surface area contributed by atoms with Crippen LogP contribution in [0.15, 0.2) is 20.9 Å². The molecule has 19 heavy (non-hydrogen) atoms. The highest BCUT2D eigenvalue weighted by molar-refractivity contribution is 7.89. The Morgan fingerprint density at radius 1 is 1.42 bits per heavy atom. The van der Waals surface area contributed by atoms with E-state index < -0.39 is 10.0 Å². The van der Waals surface area contributed by atoms with Crippen molar-refractivity contribution in [2.75, 3.05) is 0 Å². The average molecular weight is 301 g/mol. The van der Waals surface area contributed by atoms with Crippen molar-refractivity contribution in [1.29, 1.82) is 0 Å². The Labute approximate surface area is 115 Å². The molecule has 0 bridgehead atoms. The third kappa shape index (κ3) is 2.86. The molecule has 0 radical (unpaired) electrons. The summed E-state index contributed by atoms with van der Waals surface area (Å²) in [5.74, 6) is 0.888. The van der Waals surface area contributed by atoms with Gasteiger partial charge in [-0.05, 0) is 13.8 Å². The molecule has 0 saturated heterocycles. The van der Waals surface area contributed by atoms with Crippen molar-refractivity contribution < 1.29 is 12.8 Å². The number of thiazole rings is 1. The summed E-state index contributed by atoms with van der Waals surface area (Å²) in [5.41, 5.74) is 6.11. The van der Waals surface area contributed by atoms with E-state index in [1.807, 2.05) is 0 Å². The van der Waals surface area contributed by atoms with E-state index in [0.29, 0.717) is 22.1 Å². The Balaban J connectivity index is 2.29. The maximum Gasteiger partial charge on any atom is 0.244 e. The van der Waals surface area contributed by atoms with Gasteiger partial charge in [0.1, 0.15) is 21.4 Å². The predicted molar refractivity (Wildman–Crippen MR) is 72.2 cm³/mol. The fourth-order valence-corrected chi connectivity index (χ4v) is 3.96. The van der Waals surface area contributed by atoms with E-state index in [1.165, 1.54) is 11.3 Å². The number of aryl methyl sites for hydroxylation is 2. The lowest BCUT2D eigenvalue weighted by molar-refractivity contribution is 0.494. The van der Waals surface area contributed by atoms with Gasteiger partial charge in [0.05, 0.1) is 6.54 Å². The van der Waals surface area contributed by atoms with Crippen LogP contribution in [-0.4, -0.2) is 13.4 Å². The summed E-state index contributed by atoms with van der Waals surface area (Å²) in [6.45, 7) is 3.60. The van der Waals surface area contributed by atoms with Crippen LogP contribution in [0.1, 0.15) is 22.1 Å². The molecule has 0 aliphatic carbocycles. The van der Waals surface area contributed by atoms with Gasteiger partial charge in [0.25, 0.3) is 0 Å². The summed E-state index contributed by atoms with van der Waals surface area (Å²) in [5, 5.41) is 2.50. The maximum atomic E-state index is 12.3. The second-order valence-electron chi connectivity index (χ2n) is 3.98. The molecule has 2 heterocycles. The first-order valence-electron chi connectivity index (χ1n) is 5.62. The van der Waals surface area contributed by atoms with Gasteiger partial charge in [0.15, 0.2) is 0 Å². The Hall–Kier alpha value is -1.22. The first-order valence-corrected chi connectivity index (χ1v) is 7.99. The maximum absolute atomic E-state index is 12.3. The number of rotatable bonds is 5. The number of hydrogen-bond donors (Lipinski definition) is 2. The molecule has 104 valence electrons. The predicted octanol–water partition coefficient (Wildman–Crippen LogP) is 1.29. The number of nitrogens with two attached hydrogens (primary N) is 1. The van der Waals surface area contributed by atoms with Crippen molar-refractivity contribution >= 4 is 21.4 Å². The van der Waals surface area contributed by atoms with Crippen LogP contribution in [0, 0.1) is 13.8 Å². The number of sulfonamides is 1. The topological polar surface area (TPSA) is 98.2 Å². The first-order chi connectivity index (χ1) is 8.95. The second kappa shape index (κ2) is 5.41. The van der Waals surface area contributed by atoms with Crippen molar-refractivity contribution in [2.24, 2.45) is 5.73 Å². The van der Waals surface area contributed by atoms with Crippen molar-refractivity contribution in [3.05, 3.63) is 33.7 Å². The van der Waals surface area contributed by atoms with E-state index in [2.05, 4.69) is 9.71 Å². The SMILES string of the molecule is Cc1oc(C)c(S(=O)(=O)NCc2nccs2)c1CN. The molecule has 2 rings (SSSR count). The normalized spacial score (nSPS) is 11.9. The quantitative estimate of drug-likeness (QED) is 0.867. The molecule has 2 aromatic heterocycles. The van der Waals surface area contributed by atoms with Crippen molar-refractivity contribution in [3.8, 4) is 0 Å². The zero-order valence-electron chi connectivity index (χ0n) is 10.6. The van der Waals surface area contributed by atoms with Crippen LogP contribution < -0.4 is 10.5 Å². The van der Waals surface area contributed by atoms with Gasteiger partial charge in [-0.3, -0.25) is 0 Å². The van der Waals surface area contributed by atoms with Gasteiger partial charge in [-0.2, -0.15) is 0 Å². The Kier molecular flexibility index (Phi) is 4.04. The molecule has 0 atom stereocenters. The second-order valence-corrected chi connectivity index (χ2v) is 6.66. The summed E-state index contributed by atoms with van der Waals surface area (Å²) >= 11 is 1.39. The summed E-state index contributed by atoms with van der Waals surface area (Å²) < 4.78 is 32.4. The van der Waals surface area contributed by atoms with E-state index in [-0.39, 0.29) is 18.0 Å². The monoisotopic (exact) mass is 301 g/mol. The number of furan rings is 1. The van der Waals surface area contributed by atoms with E-state index in [4.69, 9.17) is 10.2 Å². The summed E-state index contributed by atoms with van der Waals surface area (Å²) in [6.07, 6.45) is 1.63. The number of nitrogens with one attached hydrogen (secondary N) is 1. The lowest BCUT2D eigenvalue weighted by atomic mass is 10.2. The molecule has 0 fully saturated rings. The van der Waals surface area contributed by atoms with Crippen LogP contribution in [-0.2, 0) is 23.1 Å². The van der Waals surface area contributed by atoms with Crippen molar-refractivity contribution in [2.45, 2.75) is 31.8 Å². The van der Waals surface area contributed by atoms with Crippen LogP contribution >= 0.6 is 11.3 Å². The number of hydrogen-bond acceptors (Lipinski definition) is 6. The van der Waals surface area contributed by atoms with Gasteiger partial charge in [0.2, 0.25) is 10.0 Å². The number of aromatic nitrogens is 1. The van der Waals surface area contributed by atoms with E-state index >= 15 is 0 Å². The molecule has 0 aliphatic rings. The average Bonchev–Trinajstić information content (AvgIpc) is 2.94. The Morgan fingerprint density at radius 3 is 2.74 bits per heavy atom. The van der Waals surface area contributed by atoms with Gasteiger partial charge in [-0.25, -0.2) is 18.1 Å². The minimum Gasteiger partial charge on any atom is -0.465 e. The third-order valence-electron chi connectivity index (χ3n) is 2.69. The third-order valence-corrected chi connectivity index (χ3v) is 5.07. The van der Waals surface area contributed by atoms with Gasteiger partial charge in [0, 0.05) is 23.7 Å².